The molecular formula is C13H22O2Ti. The second-order valence-electron chi connectivity index (χ2n) is 5.60. The fourth-order valence-electron chi connectivity index (χ4n) is 2.98. The topological polar surface area (TPSA) is 26.3 Å². The molecule has 0 bridgehead atoms. The van der Waals surface area contributed by atoms with Crippen LogP contribution in [0.15, 0.2) is 20.6 Å². The Balaban J connectivity index is 3.32. The molecule has 3 heteroatoms. The standard InChI is InChI=1S/C10H15.CH2O2.2CH3.Ti/c1-7-6-10(4,5)9(3)8(7)2;2-1-3;;;/h1-5H3;1H,(H,2,3);2*1H3;/q;;;;+1/p-1. The van der Waals surface area contributed by atoms with E-state index in [1.807, 2.05) is 0 Å². The fraction of sp³-hybridized carbons (Fsp3) is 0.615. The van der Waals surface area contributed by atoms with E-state index in [1.54, 1.807) is 0 Å². The van der Waals surface area contributed by atoms with Gasteiger partial charge in [0.25, 0.3) is 0 Å². The Labute approximate surface area is 103 Å². The Bertz CT molecular complexity index is 387. The predicted octanol–water partition coefficient (Wildman–Crippen LogP) is 3.97. The number of carbonyl (C=O) groups excluding carboxylic acids is 1. The first-order valence-electron chi connectivity index (χ1n) is 5.68. The molecule has 0 aliphatic heterocycles. The van der Waals surface area contributed by atoms with Gasteiger partial charge in [0.05, 0.1) is 0 Å². The van der Waals surface area contributed by atoms with Crippen molar-refractivity contribution in [3.05, 3.63) is 20.6 Å². The zero-order valence-corrected chi connectivity index (χ0v) is 13.0. The first-order chi connectivity index (χ1) is 7.16. The second kappa shape index (κ2) is 4.16. The molecule has 0 aromatic rings. The van der Waals surface area contributed by atoms with E-state index < -0.39 is 17.0 Å². The van der Waals surface area contributed by atoms with Crippen LogP contribution in [0.4, 0.5) is 0 Å². The summed E-state index contributed by atoms with van der Waals surface area (Å²) in [6.07, 6.45) is 0. The molecule has 0 heterocycles. The molecule has 0 saturated heterocycles. The van der Waals surface area contributed by atoms with Crippen molar-refractivity contribution in [3.8, 4) is 0 Å². The van der Waals surface area contributed by atoms with E-state index >= 15 is 0 Å². The van der Waals surface area contributed by atoms with Gasteiger partial charge in [-0.3, -0.25) is 0 Å². The third-order valence-electron chi connectivity index (χ3n) is 4.01. The van der Waals surface area contributed by atoms with E-state index in [4.69, 9.17) is 3.32 Å². The zero-order chi connectivity index (χ0) is 12.7. The van der Waals surface area contributed by atoms with E-state index in [1.165, 1.54) is 20.6 Å². The van der Waals surface area contributed by atoms with Crippen LogP contribution in [0.25, 0.3) is 0 Å². The third-order valence-corrected chi connectivity index (χ3v) is 8.52. The fourth-order valence-corrected chi connectivity index (χ4v) is 7.88. The summed E-state index contributed by atoms with van der Waals surface area (Å²) in [5.41, 5.74) is 4.18. The van der Waals surface area contributed by atoms with Crippen LogP contribution in [0.1, 0.15) is 34.6 Å². The van der Waals surface area contributed by atoms with Crippen molar-refractivity contribution in [1.29, 1.82) is 0 Å². The van der Waals surface area contributed by atoms with E-state index in [-0.39, 0.29) is 5.41 Å². The molecule has 1 aliphatic rings. The molecule has 0 fully saturated rings. The van der Waals surface area contributed by atoms with Gasteiger partial charge < -0.3 is 0 Å². The minimum atomic E-state index is -2.62. The summed E-state index contributed by atoms with van der Waals surface area (Å²) >= 11 is -2.62. The SMILES string of the molecule is CC1=C(C)C(C)(C)[C]([Ti]([CH3])([CH3])[O]C=O)=C1C. The average Bonchev–Trinajstić information content (AvgIpc) is 2.27. The van der Waals surface area contributed by atoms with Crippen molar-refractivity contribution in [2.24, 2.45) is 5.41 Å². The summed E-state index contributed by atoms with van der Waals surface area (Å²) in [6, 6.07) is 0. The van der Waals surface area contributed by atoms with Crippen molar-refractivity contribution >= 4 is 6.47 Å². The number of rotatable bonds is 3. The molecule has 0 aromatic heterocycles. The van der Waals surface area contributed by atoms with Crippen molar-refractivity contribution in [2.45, 2.75) is 45.1 Å². The molecular weight excluding hydrogens is 236 g/mol. The first kappa shape index (κ1) is 13.7. The molecule has 0 saturated carbocycles. The predicted molar refractivity (Wildman–Crippen MR) is 63.7 cm³/mol. The van der Waals surface area contributed by atoms with Crippen LogP contribution in [-0.2, 0) is 25.1 Å². The molecule has 0 radical (unpaired) electrons. The Morgan fingerprint density at radius 2 is 1.62 bits per heavy atom. The van der Waals surface area contributed by atoms with Gasteiger partial charge in [0.2, 0.25) is 0 Å². The van der Waals surface area contributed by atoms with E-state index in [0.29, 0.717) is 6.47 Å². The van der Waals surface area contributed by atoms with Crippen molar-refractivity contribution in [3.63, 3.8) is 0 Å². The van der Waals surface area contributed by atoms with E-state index in [9.17, 15) is 4.79 Å². The van der Waals surface area contributed by atoms with Crippen LogP contribution < -0.4 is 0 Å². The number of hydrogen-bond donors (Lipinski definition) is 0. The molecule has 16 heavy (non-hydrogen) atoms. The maximum absolute atomic E-state index is 10.6. The summed E-state index contributed by atoms with van der Waals surface area (Å²) in [6.45, 7) is 11.6. The van der Waals surface area contributed by atoms with Crippen molar-refractivity contribution < 1.29 is 25.1 Å². The van der Waals surface area contributed by atoms with Crippen LogP contribution in [0.2, 0.25) is 10.5 Å². The molecule has 1 aliphatic carbocycles. The minimum absolute atomic E-state index is 0.0562. The Morgan fingerprint density at radius 1 is 1.12 bits per heavy atom. The molecule has 2 nitrogen and oxygen atoms in total. The molecule has 0 N–H and O–H groups in total. The van der Waals surface area contributed by atoms with Gasteiger partial charge in [0.1, 0.15) is 0 Å². The number of hydrogen-bond acceptors (Lipinski definition) is 2. The Hall–Kier alpha value is -0.336. The van der Waals surface area contributed by atoms with Gasteiger partial charge >= 0.3 is 103 Å². The summed E-state index contributed by atoms with van der Waals surface area (Å²) in [4.78, 5) is 10.6. The Morgan fingerprint density at radius 3 is 1.94 bits per heavy atom. The quantitative estimate of drug-likeness (QED) is 0.565. The molecule has 0 atom stereocenters. The zero-order valence-electron chi connectivity index (χ0n) is 11.4. The molecule has 0 aromatic carbocycles. The molecule has 0 unspecified atom stereocenters. The van der Waals surface area contributed by atoms with Crippen LogP contribution in [0.3, 0.4) is 0 Å². The van der Waals surface area contributed by atoms with Crippen LogP contribution in [0, 0.1) is 5.41 Å². The van der Waals surface area contributed by atoms with Crippen LogP contribution in [-0.4, -0.2) is 6.47 Å². The van der Waals surface area contributed by atoms with Crippen LogP contribution >= 0.6 is 0 Å². The van der Waals surface area contributed by atoms with Gasteiger partial charge in [-0.25, -0.2) is 0 Å². The van der Waals surface area contributed by atoms with Crippen LogP contribution in [0.5, 0.6) is 0 Å². The van der Waals surface area contributed by atoms with Crippen molar-refractivity contribution in [2.75, 3.05) is 0 Å². The van der Waals surface area contributed by atoms with Gasteiger partial charge in [-0.15, -0.1) is 0 Å². The molecule has 0 amide bonds. The second-order valence-corrected chi connectivity index (χ2v) is 11.5. The van der Waals surface area contributed by atoms with Gasteiger partial charge in [0, 0.05) is 0 Å². The van der Waals surface area contributed by atoms with Gasteiger partial charge in [-0.1, -0.05) is 0 Å². The summed E-state index contributed by atoms with van der Waals surface area (Å²) in [5.74, 6) is 0. The van der Waals surface area contributed by atoms with Gasteiger partial charge in [-0.05, 0) is 0 Å². The third kappa shape index (κ3) is 1.93. The van der Waals surface area contributed by atoms with E-state index in [0.717, 1.165) is 0 Å². The maximum atomic E-state index is 10.6. The molecule has 0 spiro atoms. The average molecular weight is 258 g/mol. The molecule has 1 rings (SSSR count). The van der Waals surface area contributed by atoms with E-state index in [2.05, 4.69) is 45.1 Å². The van der Waals surface area contributed by atoms with Gasteiger partial charge in [-0.2, -0.15) is 0 Å². The monoisotopic (exact) mass is 258 g/mol. The summed E-state index contributed by atoms with van der Waals surface area (Å²) in [5, 5.41) is 4.28. The molecule has 90 valence electrons. The Kier molecular flexibility index (Phi) is 3.57. The van der Waals surface area contributed by atoms with Gasteiger partial charge in [0.15, 0.2) is 0 Å². The first-order valence-corrected chi connectivity index (χ1v) is 10.2. The number of allylic oxidation sites excluding steroid dienone is 4. The normalized spacial score (nSPS) is 20.4. The summed E-state index contributed by atoms with van der Waals surface area (Å²) < 4.78 is 6.84. The van der Waals surface area contributed by atoms with Crippen molar-refractivity contribution in [1.82, 2.24) is 0 Å². The number of carbonyl (C=O) groups is 1. The summed E-state index contributed by atoms with van der Waals surface area (Å²) in [7, 11) is 0.